The van der Waals surface area contributed by atoms with Crippen molar-refractivity contribution in [3.05, 3.63) is 35.6 Å². The first-order valence-corrected chi connectivity index (χ1v) is 4.60. The molecule has 0 radical (unpaired) electrons. The third kappa shape index (κ3) is 2.79. The zero-order valence-corrected chi connectivity index (χ0v) is 8.59. The zero-order chi connectivity index (χ0) is 10.6. The minimum Gasteiger partial charge on any atom is -0.385 e. The molecule has 0 bridgehead atoms. The van der Waals surface area contributed by atoms with Crippen molar-refractivity contribution in [1.82, 2.24) is 0 Å². The molecule has 0 aliphatic carbocycles. The molecule has 1 unspecified atom stereocenters. The van der Waals surface area contributed by atoms with Crippen LogP contribution in [0.2, 0.25) is 0 Å². The van der Waals surface area contributed by atoms with Gasteiger partial charge in [-0.25, -0.2) is 4.39 Å². The largest absolute Gasteiger partial charge is 0.385 e. The van der Waals surface area contributed by atoms with Gasteiger partial charge >= 0.3 is 0 Å². The maximum atomic E-state index is 12.9. The second-order valence-electron chi connectivity index (χ2n) is 3.67. The molecule has 0 saturated heterocycles. The van der Waals surface area contributed by atoms with Crippen molar-refractivity contribution >= 4 is 0 Å². The van der Waals surface area contributed by atoms with E-state index in [1.165, 1.54) is 12.1 Å². The Morgan fingerprint density at radius 3 is 2.79 bits per heavy atom. The van der Waals surface area contributed by atoms with E-state index in [0.29, 0.717) is 13.0 Å². The topological polar surface area (TPSA) is 35.2 Å². The molecule has 78 valence electrons. The highest BCUT2D eigenvalue weighted by molar-refractivity contribution is 5.23. The van der Waals surface area contributed by atoms with Crippen LogP contribution >= 0.6 is 0 Å². The van der Waals surface area contributed by atoms with Gasteiger partial charge in [0.25, 0.3) is 0 Å². The van der Waals surface area contributed by atoms with E-state index in [1.54, 1.807) is 13.2 Å². The van der Waals surface area contributed by atoms with Crippen molar-refractivity contribution < 1.29 is 9.13 Å². The van der Waals surface area contributed by atoms with Crippen LogP contribution in [-0.4, -0.2) is 13.7 Å². The van der Waals surface area contributed by atoms with Crippen molar-refractivity contribution in [3.63, 3.8) is 0 Å². The number of hydrogen-bond acceptors (Lipinski definition) is 2. The molecule has 0 heterocycles. The van der Waals surface area contributed by atoms with Gasteiger partial charge in [0.2, 0.25) is 0 Å². The second kappa shape index (κ2) is 4.53. The van der Waals surface area contributed by atoms with E-state index < -0.39 is 5.54 Å². The van der Waals surface area contributed by atoms with Gasteiger partial charge in [0.1, 0.15) is 5.82 Å². The average Bonchev–Trinajstić information content (AvgIpc) is 2.15. The van der Waals surface area contributed by atoms with Crippen molar-refractivity contribution in [2.24, 2.45) is 5.73 Å². The molecule has 1 aromatic rings. The summed E-state index contributed by atoms with van der Waals surface area (Å²) in [6.45, 7) is 2.45. The van der Waals surface area contributed by atoms with E-state index in [1.807, 2.05) is 13.0 Å². The van der Waals surface area contributed by atoms with Gasteiger partial charge < -0.3 is 10.5 Å². The molecule has 3 heteroatoms. The molecule has 0 spiro atoms. The number of hydrogen-bond donors (Lipinski definition) is 1. The fourth-order valence-electron chi connectivity index (χ4n) is 1.30. The lowest BCUT2D eigenvalue weighted by Gasteiger charge is -2.24. The molecule has 0 saturated carbocycles. The molecule has 14 heavy (non-hydrogen) atoms. The van der Waals surface area contributed by atoms with Crippen LogP contribution in [0.4, 0.5) is 4.39 Å². The summed E-state index contributed by atoms with van der Waals surface area (Å²) in [7, 11) is 1.63. The molecule has 1 atom stereocenters. The van der Waals surface area contributed by atoms with Crippen LogP contribution in [0.15, 0.2) is 24.3 Å². The molecule has 1 rings (SSSR count). The molecule has 0 aliphatic rings. The van der Waals surface area contributed by atoms with Crippen LogP contribution in [0, 0.1) is 5.82 Å². The Morgan fingerprint density at radius 1 is 1.50 bits per heavy atom. The minimum absolute atomic E-state index is 0.253. The summed E-state index contributed by atoms with van der Waals surface area (Å²) in [6.07, 6.45) is 0.674. The Hall–Kier alpha value is -0.930. The number of benzene rings is 1. The van der Waals surface area contributed by atoms with E-state index >= 15 is 0 Å². The number of rotatable bonds is 4. The smallest absolute Gasteiger partial charge is 0.123 e. The van der Waals surface area contributed by atoms with Gasteiger partial charge in [-0.2, -0.15) is 0 Å². The summed E-state index contributed by atoms with van der Waals surface area (Å²) in [4.78, 5) is 0. The van der Waals surface area contributed by atoms with E-state index in [4.69, 9.17) is 10.5 Å². The lowest BCUT2D eigenvalue weighted by Crippen LogP contribution is -2.34. The SMILES string of the molecule is COCCC(C)(N)c1cccc(F)c1. The third-order valence-electron chi connectivity index (χ3n) is 2.31. The summed E-state index contributed by atoms with van der Waals surface area (Å²) in [5, 5.41) is 0. The Kier molecular flexibility index (Phi) is 3.61. The predicted octanol–water partition coefficient (Wildman–Crippen LogP) is 2.04. The van der Waals surface area contributed by atoms with Gasteiger partial charge in [-0.15, -0.1) is 0 Å². The summed E-state index contributed by atoms with van der Waals surface area (Å²) in [5.74, 6) is -0.253. The molecule has 2 N–H and O–H groups in total. The first-order chi connectivity index (χ1) is 6.56. The molecule has 0 aromatic heterocycles. The fourth-order valence-corrected chi connectivity index (χ4v) is 1.30. The van der Waals surface area contributed by atoms with Crippen molar-refractivity contribution in [2.75, 3.05) is 13.7 Å². The van der Waals surface area contributed by atoms with Crippen molar-refractivity contribution in [3.8, 4) is 0 Å². The monoisotopic (exact) mass is 197 g/mol. The van der Waals surface area contributed by atoms with Crippen LogP contribution in [-0.2, 0) is 10.3 Å². The van der Waals surface area contributed by atoms with E-state index in [2.05, 4.69) is 0 Å². The van der Waals surface area contributed by atoms with Gasteiger partial charge in [0, 0.05) is 19.3 Å². The predicted molar refractivity (Wildman–Crippen MR) is 54.4 cm³/mol. The van der Waals surface area contributed by atoms with E-state index in [0.717, 1.165) is 5.56 Å². The first kappa shape index (κ1) is 11.1. The third-order valence-corrected chi connectivity index (χ3v) is 2.31. The van der Waals surface area contributed by atoms with Gasteiger partial charge in [0.05, 0.1) is 0 Å². The number of nitrogens with two attached hydrogens (primary N) is 1. The molecule has 1 aromatic carbocycles. The Labute approximate surface area is 83.9 Å². The average molecular weight is 197 g/mol. The van der Waals surface area contributed by atoms with E-state index in [9.17, 15) is 4.39 Å². The van der Waals surface area contributed by atoms with Crippen molar-refractivity contribution in [2.45, 2.75) is 18.9 Å². The molecule has 2 nitrogen and oxygen atoms in total. The van der Waals surface area contributed by atoms with Crippen LogP contribution in [0.1, 0.15) is 18.9 Å². The summed E-state index contributed by atoms with van der Waals surface area (Å²) in [6, 6.07) is 6.38. The first-order valence-electron chi connectivity index (χ1n) is 4.60. The molecular weight excluding hydrogens is 181 g/mol. The molecule has 0 aliphatic heterocycles. The van der Waals surface area contributed by atoms with E-state index in [-0.39, 0.29) is 5.82 Å². The summed E-state index contributed by atoms with van der Waals surface area (Å²) >= 11 is 0. The van der Waals surface area contributed by atoms with Gasteiger partial charge in [-0.3, -0.25) is 0 Å². The lowest BCUT2D eigenvalue weighted by molar-refractivity contribution is 0.172. The number of methoxy groups -OCH3 is 1. The highest BCUT2D eigenvalue weighted by atomic mass is 19.1. The Bertz CT molecular complexity index is 299. The second-order valence-corrected chi connectivity index (χ2v) is 3.67. The highest BCUT2D eigenvalue weighted by Gasteiger charge is 2.20. The van der Waals surface area contributed by atoms with Crippen LogP contribution < -0.4 is 5.73 Å². The lowest BCUT2D eigenvalue weighted by atomic mass is 9.90. The fraction of sp³-hybridized carbons (Fsp3) is 0.455. The van der Waals surface area contributed by atoms with Gasteiger partial charge in [-0.05, 0) is 31.0 Å². The Balaban J connectivity index is 2.80. The maximum absolute atomic E-state index is 12.9. The molecule has 0 amide bonds. The number of halogens is 1. The molecule has 0 fully saturated rings. The quantitative estimate of drug-likeness (QED) is 0.801. The number of ether oxygens (including phenoxy) is 1. The summed E-state index contributed by atoms with van der Waals surface area (Å²) in [5.41, 5.74) is 6.32. The zero-order valence-electron chi connectivity index (χ0n) is 8.59. The Morgan fingerprint density at radius 2 is 2.21 bits per heavy atom. The van der Waals surface area contributed by atoms with Gasteiger partial charge in [-0.1, -0.05) is 12.1 Å². The standard InChI is InChI=1S/C11H16FNO/c1-11(13,6-7-14-2)9-4-3-5-10(12)8-9/h3-5,8H,6-7,13H2,1-2H3. The molecular formula is C11H16FNO. The van der Waals surface area contributed by atoms with Gasteiger partial charge in [0.15, 0.2) is 0 Å². The van der Waals surface area contributed by atoms with Crippen LogP contribution in [0.3, 0.4) is 0 Å². The van der Waals surface area contributed by atoms with Crippen LogP contribution in [0.5, 0.6) is 0 Å². The normalized spacial score (nSPS) is 15.1. The maximum Gasteiger partial charge on any atom is 0.123 e. The van der Waals surface area contributed by atoms with Crippen molar-refractivity contribution in [1.29, 1.82) is 0 Å². The summed E-state index contributed by atoms with van der Waals surface area (Å²) < 4.78 is 17.9. The van der Waals surface area contributed by atoms with Crippen LogP contribution in [0.25, 0.3) is 0 Å². The highest BCUT2D eigenvalue weighted by Crippen LogP contribution is 2.21. The minimum atomic E-state index is -0.530.